The van der Waals surface area contributed by atoms with Gasteiger partial charge in [-0.05, 0) is 36.6 Å². The van der Waals surface area contributed by atoms with Gasteiger partial charge in [0.2, 0.25) is 0 Å². The third-order valence-corrected chi connectivity index (χ3v) is 3.03. The molecule has 0 amide bonds. The molecule has 0 aliphatic heterocycles. The lowest BCUT2D eigenvalue weighted by Gasteiger charge is -2.42. The van der Waals surface area contributed by atoms with Crippen LogP contribution in [0.3, 0.4) is 0 Å². The predicted molar refractivity (Wildman–Crippen MR) is 49.4 cm³/mol. The number of hydrogen-bond acceptors (Lipinski definition) is 1. The molecule has 1 nitrogen and oxygen atoms in total. The summed E-state index contributed by atoms with van der Waals surface area (Å²) in [6, 6.07) is 0. The van der Waals surface area contributed by atoms with Gasteiger partial charge in [-0.2, -0.15) is 0 Å². The second-order valence-corrected chi connectivity index (χ2v) is 5.21. The molecular formula is C10H21N. The van der Waals surface area contributed by atoms with E-state index < -0.39 is 0 Å². The van der Waals surface area contributed by atoms with Crippen LogP contribution in [0, 0.1) is 10.8 Å². The molecule has 0 aromatic carbocycles. The minimum absolute atomic E-state index is 0.432. The number of hydrogen-bond donors (Lipinski definition) is 1. The van der Waals surface area contributed by atoms with Crippen LogP contribution < -0.4 is 5.73 Å². The Bertz CT molecular complexity index is 140. The van der Waals surface area contributed by atoms with Gasteiger partial charge in [0.1, 0.15) is 0 Å². The fraction of sp³-hybridized carbons (Fsp3) is 1.00. The maximum atomic E-state index is 5.76. The first-order valence-corrected chi connectivity index (χ1v) is 4.68. The molecule has 0 aromatic heterocycles. The highest BCUT2D eigenvalue weighted by Gasteiger charge is 2.35. The van der Waals surface area contributed by atoms with E-state index in [1.54, 1.807) is 0 Å². The molecule has 1 heteroatoms. The van der Waals surface area contributed by atoms with E-state index in [9.17, 15) is 0 Å². The molecule has 0 aromatic rings. The Kier molecular flexibility index (Phi) is 2.29. The molecule has 0 heterocycles. The summed E-state index contributed by atoms with van der Waals surface area (Å²) in [5.41, 5.74) is 6.72. The summed E-state index contributed by atoms with van der Waals surface area (Å²) in [6.07, 6.45) is 5.37. The standard InChI is InChI=1S/C10H21N/c1-9(2)5-4-6-10(3,7-9)8-11/h4-8,11H2,1-3H3/t10-/m0/s1. The molecule has 1 aliphatic carbocycles. The Labute approximate surface area is 70.4 Å². The summed E-state index contributed by atoms with van der Waals surface area (Å²) in [4.78, 5) is 0. The molecule has 11 heavy (non-hydrogen) atoms. The van der Waals surface area contributed by atoms with Crippen LogP contribution in [-0.4, -0.2) is 6.54 Å². The smallest absolute Gasteiger partial charge is 0.00230 e. The number of rotatable bonds is 1. The summed E-state index contributed by atoms with van der Waals surface area (Å²) in [7, 11) is 0. The first-order valence-electron chi connectivity index (χ1n) is 4.68. The minimum atomic E-state index is 0.432. The largest absolute Gasteiger partial charge is 0.330 e. The van der Waals surface area contributed by atoms with Gasteiger partial charge >= 0.3 is 0 Å². The lowest BCUT2D eigenvalue weighted by Crippen LogP contribution is -2.36. The molecule has 1 aliphatic rings. The van der Waals surface area contributed by atoms with Crippen molar-refractivity contribution in [3.63, 3.8) is 0 Å². The fourth-order valence-corrected chi connectivity index (χ4v) is 2.50. The number of nitrogens with two attached hydrogens (primary N) is 1. The first-order chi connectivity index (χ1) is 4.97. The van der Waals surface area contributed by atoms with Crippen molar-refractivity contribution in [2.24, 2.45) is 16.6 Å². The van der Waals surface area contributed by atoms with Crippen molar-refractivity contribution >= 4 is 0 Å². The second-order valence-electron chi connectivity index (χ2n) is 5.21. The third-order valence-electron chi connectivity index (χ3n) is 3.03. The Balaban J connectivity index is 2.59. The van der Waals surface area contributed by atoms with Crippen molar-refractivity contribution in [2.75, 3.05) is 6.54 Å². The quantitative estimate of drug-likeness (QED) is 0.618. The molecule has 1 rings (SSSR count). The van der Waals surface area contributed by atoms with Gasteiger partial charge in [-0.1, -0.05) is 27.2 Å². The highest BCUT2D eigenvalue weighted by molar-refractivity contribution is 4.87. The molecule has 0 unspecified atom stereocenters. The SMILES string of the molecule is CC1(C)CCC[C@](C)(CN)C1. The molecule has 1 atom stereocenters. The van der Waals surface area contributed by atoms with E-state index >= 15 is 0 Å². The lowest BCUT2D eigenvalue weighted by molar-refractivity contribution is 0.107. The highest BCUT2D eigenvalue weighted by Crippen LogP contribution is 2.45. The van der Waals surface area contributed by atoms with E-state index in [1.165, 1.54) is 25.7 Å². The van der Waals surface area contributed by atoms with Crippen LogP contribution in [0.5, 0.6) is 0 Å². The van der Waals surface area contributed by atoms with E-state index in [0.717, 1.165) is 6.54 Å². The van der Waals surface area contributed by atoms with Crippen molar-refractivity contribution < 1.29 is 0 Å². The van der Waals surface area contributed by atoms with E-state index in [-0.39, 0.29) is 0 Å². The van der Waals surface area contributed by atoms with Gasteiger partial charge in [0.25, 0.3) is 0 Å². The normalized spacial score (nSPS) is 37.1. The van der Waals surface area contributed by atoms with Crippen LogP contribution in [-0.2, 0) is 0 Å². The van der Waals surface area contributed by atoms with Gasteiger partial charge < -0.3 is 5.73 Å². The second kappa shape index (κ2) is 2.78. The van der Waals surface area contributed by atoms with Crippen LogP contribution >= 0.6 is 0 Å². The predicted octanol–water partition coefficient (Wildman–Crippen LogP) is 2.55. The van der Waals surface area contributed by atoms with Gasteiger partial charge in [-0.3, -0.25) is 0 Å². The average Bonchev–Trinajstić information content (AvgIpc) is 1.85. The van der Waals surface area contributed by atoms with Gasteiger partial charge in [-0.25, -0.2) is 0 Å². The molecule has 2 N–H and O–H groups in total. The molecule has 0 spiro atoms. The Morgan fingerprint density at radius 2 is 1.82 bits per heavy atom. The molecule has 0 radical (unpaired) electrons. The summed E-state index contributed by atoms with van der Waals surface area (Å²) in [6.45, 7) is 7.91. The third kappa shape index (κ3) is 2.19. The zero-order valence-electron chi connectivity index (χ0n) is 8.11. The van der Waals surface area contributed by atoms with E-state index in [1.807, 2.05) is 0 Å². The van der Waals surface area contributed by atoms with Crippen LogP contribution in [0.1, 0.15) is 46.5 Å². The van der Waals surface area contributed by atoms with Crippen LogP contribution in [0.4, 0.5) is 0 Å². The summed E-state index contributed by atoms with van der Waals surface area (Å²) in [5.74, 6) is 0. The zero-order chi connectivity index (χ0) is 8.54. The first kappa shape index (κ1) is 9.05. The highest BCUT2D eigenvalue weighted by atomic mass is 14.6. The van der Waals surface area contributed by atoms with E-state index in [2.05, 4.69) is 20.8 Å². The summed E-state index contributed by atoms with van der Waals surface area (Å²) in [5, 5.41) is 0. The topological polar surface area (TPSA) is 26.0 Å². The molecule has 0 bridgehead atoms. The molecule has 0 saturated heterocycles. The van der Waals surface area contributed by atoms with Crippen LogP contribution in [0.15, 0.2) is 0 Å². The molecule has 1 saturated carbocycles. The van der Waals surface area contributed by atoms with Crippen molar-refractivity contribution in [1.82, 2.24) is 0 Å². The van der Waals surface area contributed by atoms with Gasteiger partial charge in [0, 0.05) is 0 Å². The maximum absolute atomic E-state index is 5.76. The van der Waals surface area contributed by atoms with Crippen LogP contribution in [0.25, 0.3) is 0 Å². The van der Waals surface area contributed by atoms with E-state index in [0.29, 0.717) is 10.8 Å². The lowest BCUT2D eigenvalue weighted by atomic mass is 9.64. The monoisotopic (exact) mass is 155 g/mol. The van der Waals surface area contributed by atoms with Crippen molar-refractivity contribution in [2.45, 2.75) is 46.5 Å². The molecular weight excluding hydrogens is 134 g/mol. The minimum Gasteiger partial charge on any atom is -0.330 e. The molecule has 66 valence electrons. The average molecular weight is 155 g/mol. The van der Waals surface area contributed by atoms with Crippen molar-refractivity contribution in [3.05, 3.63) is 0 Å². The maximum Gasteiger partial charge on any atom is -0.00230 e. The fourth-order valence-electron chi connectivity index (χ4n) is 2.50. The Morgan fingerprint density at radius 3 is 2.18 bits per heavy atom. The Hall–Kier alpha value is -0.0400. The van der Waals surface area contributed by atoms with Gasteiger partial charge in [0.05, 0.1) is 0 Å². The van der Waals surface area contributed by atoms with Gasteiger partial charge in [0.15, 0.2) is 0 Å². The van der Waals surface area contributed by atoms with Crippen molar-refractivity contribution in [1.29, 1.82) is 0 Å². The van der Waals surface area contributed by atoms with E-state index in [4.69, 9.17) is 5.73 Å². The summed E-state index contributed by atoms with van der Waals surface area (Å²) >= 11 is 0. The zero-order valence-corrected chi connectivity index (χ0v) is 8.11. The van der Waals surface area contributed by atoms with Gasteiger partial charge in [-0.15, -0.1) is 0 Å². The Morgan fingerprint density at radius 1 is 1.18 bits per heavy atom. The van der Waals surface area contributed by atoms with Crippen LogP contribution in [0.2, 0.25) is 0 Å². The molecule has 1 fully saturated rings. The van der Waals surface area contributed by atoms with Crippen molar-refractivity contribution in [3.8, 4) is 0 Å². The summed E-state index contributed by atoms with van der Waals surface area (Å²) < 4.78 is 0.